The molecule has 0 bridgehead atoms. The first-order valence-corrected chi connectivity index (χ1v) is 6.18. The molecule has 0 saturated heterocycles. The molecule has 100 valence electrons. The van der Waals surface area contributed by atoms with Gasteiger partial charge in [0.2, 0.25) is 5.91 Å². The molecule has 0 unspecified atom stereocenters. The van der Waals surface area contributed by atoms with Crippen LogP contribution >= 0.6 is 0 Å². The molecule has 2 heterocycles. The molecule has 1 aromatic carbocycles. The van der Waals surface area contributed by atoms with E-state index in [1.807, 2.05) is 0 Å². The van der Waals surface area contributed by atoms with Gasteiger partial charge in [0.05, 0.1) is 12.1 Å². The average molecular weight is 269 g/mol. The molecule has 0 atom stereocenters. The number of rotatable bonds is 3. The number of fused-ring (bicyclic) bond motifs is 1. The number of carbonyl (C=O) groups excluding carboxylic acids is 1. The van der Waals surface area contributed by atoms with Gasteiger partial charge >= 0.3 is 0 Å². The van der Waals surface area contributed by atoms with E-state index in [1.54, 1.807) is 53.3 Å². The third-order valence-electron chi connectivity index (χ3n) is 2.98. The van der Waals surface area contributed by atoms with Gasteiger partial charge in [-0.05, 0) is 23.8 Å². The fourth-order valence-corrected chi connectivity index (χ4v) is 2.01. The quantitative estimate of drug-likeness (QED) is 0.794. The lowest BCUT2D eigenvalue weighted by Gasteiger charge is -2.06. The largest absolute Gasteiger partial charge is 0.324 e. The zero-order valence-corrected chi connectivity index (χ0v) is 10.6. The van der Waals surface area contributed by atoms with E-state index < -0.39 is 0 Å². The molecule has 0 aliphatic carbocycles. The smallest absolute Gasteiger partial charge is 0.228 e. The van der Waals surface area contributed by atoms with Gasteiger partial charge in [-0.15, -0.1) is 0 Å². The highest BCUT2D eigenvalue weighted by Gasteiger charge is 2.08. The van der Waals surface area contributed by atoms with E-state index >= 15 is 0 Å². The normalized spacial score (nSPS) is 10.7. The third kappa shape index (κ3) is 2.51. The van der Waals surface area contributed by atoms with Crippen molar-refractivity contribution in [3.05, 3.63) is 66.4 Å². The van der Waals surface area contributed by atoms with Crippen LogP contribution in [0.2, 0.25) is 0 Å². The Balaban J connectivity index is 1.74. The second-order valence-electron chi connectivity index (χ2n) is 4.43. The van der Waals surface area contributed by atoms with E-state index in [4.69, 9.17) is 0 Å². The lowest BCUT2D eigenvalue weighted by Crippen LogP contribution is -2.15. The number of carbonyl (C=O) groups is 1. The minimum absolute atomic E-state index is 0.00857. The first-order valence-electron chi connectivity index (χ1n) is 6.18. The molecule has 1 amide bonds. The van der Waals surface area contributed by atoms with Gasteiger partial charge in [-0.1, -0.05) is 18.2 Å². The van der Waals surface area contributed by atoms with E-state index in [2.05, 4.69) is 10.3 Å². The second-order valence-corrected chi connectivity index (χ2v) is 4.43. The van der Waals surface area contributed by atoms with Crippen molar-refractivity contribution in [3.8, 4) is 0 Å². The first kappa shape index (κ1) is 12.3. The highest BCUT2D eigenvalue weighted by molar-refractivity contribution is 5.92. The van der Waals surface area contributed by atoms with Crippen LogP contribution in [0.15, 0.2) is 55.0 Å². The van der Waals surface area contributed by atoms with Crippen molar-refractivity contribution in [2.75, 3.05) is 5.32 Å². The summed E-state index contributed by atoms with van der Waals surface area (Å²) in [6, 6.07) is 9.83. The van der Waals surface area contributed by atoms with Crippen LogP contribution in [-0.4, -0.2) is 15.3 Å². The predicted molar refractivity (Wildman–Crippen MR) is 73.9 cm³/mol. The molecule has 0 aliphatic heterocycles. The SMILES string of the molecule is O=C(Cc1ccccc1F)Nc1ccc2nccn2c1. The van der Waals surface area contributed by atoms with Crippen LogP contribution in [0.25, 0.3) is 5.65 Å². The van der Waals surface area contributed by atoms with Gasteiger partial charge in [0.25, 0.3) is 0 Å². The van der Waals surface area contributed by atoms with Crippen molar-refractivity contribution in [1.29, 1.82) is 0 Å². The number of imidazole rings is 1. The van der Waals surface area contributed by atoms with Gasteiger partial charge in [0.1, 0.15) is 11.5 Å². The molecule has 0 aliphatic rings. The molecule has 1 N–H and O–H groups in total. The summed E-state index contributed by atoms with van der Waals surface area (Å²) in [5.41, 5.74) is 1.84. The van der Waals surface area contributed by atoms with Crippen molar-refractivity contribution < 1.29 is 9.18 Å². The molecule has 0 saturated carbocycles. The van der Waals surface area contributed by atoms with Crippen LogP contribution in [-0.2, 0) is 11.2 Å². The summed E-state index contributed by atoms with van der Waals surface area (Å²) in [5.74, 6) is -0.623. The van der Waals surface area contributed by atoms with Gasteiger partial charge in [-0.2, -0.15) is 0 Å². The van der Waals surface area contributed by atoms with Crippen molar-refractivity contribution >= 4 is 17.2 Å². The molecular weight excluding hydrogens is 257 g/mol. The average Bonchev–Trinajstić information content (AvgIpc) is 2.89. The van der Waals surface area contributed by atoms with E-state index in [0.29, 0.717) is 11.3 Å². The first-order chi connectivity index (χ1) is 9.72. The number of halogens is 1. The number of hydrogen-bond acceptors (Lipinski definition) is 2. The number of nitrogens with one attached hydrogen (secondary N) is 1. The zero-order chi connectivity index (χ0) is 13.9. The van der Waals surface area contributed by atoms with E-state index in [0.717, 1.165) is 5.65 Å². The maximum absolute atomic E-state index is 13.5. The molecule has 5 heteroatoms. The molecule has 20 heavy (non-hydrogen) atoms. The Morgan fingerprint density at radius 3 is 2.95 bits per heavy atom. The van der Waals surface area contributed by atoms with Gasteiger partial charge in [-0.25, -0.2) is 9.37 Å². The van der Waals surface area contributed by atoms with Crippen LogP contribution in [0.4, 0.5) is 10.1 Å². The van der Waals surface area contributed by atoms with Gasteiger partial charge in [0, 0.05) is 18.6 Å². The van der Waals surface area contributed by atoms with Gasteiger partial charge in [-0.3, -0.25) is 4.79 Å². The Kier molecular flexibility index (Phi) is 3.16. The number of nitrogens with zero attached hydrogens (tertiary/aromatic N) is 2. The van der Waals surface area contributed by atoms with Crippen molar-refractivity contribution in [2.24, 2.45) is 0 Å². The van der Waals surface area contributed by atoms with Crippen LogP contribution in [0.3, 0.4) is 0 Å². The van der Waals surface area contributed by atoms with E-state index in [9.17, 15) is 9.18 Å². The lowest BCUT2D eigenvalue weighted by atomic mass is 10.1. The summed E-state index contributed by atoms with van der Waals surface area (Å²) in [4.78, 5) is 16.0. The standard InChI is InChI=1S/C15H12FN3O/c16-13-4-2-1-3-11(13)9-15(20)18-12-5-6-14-17-7-8-19(14)10-12/h1-8,10H,9H2,(H,18,20). The molecule has 3 rings (SSSR count). The summed E-state index contributed by atoms with van der Waals surface area (Å²) in [6.07, 6.45) is 5.25. The summed E-state index contributed by atoms with van der Waals surface area (Å²) < 4.78 is 15.3. The van der Waals surface area contributed by atoms with Crippen molar-refractivity contribution in [2.45, 2.75) is 6.42 Å². The number of hydrogen-bond donors (Lipinski definition) is 1. The summed E-state index contributed by atoms with van der Waals surface area (Å²) >= 11 is 0. The minimum atomic E-state index is -0.368. The topological polar surface area (TPSA) is 46.4 Å². The van der Waals surface area contributed by atoms with Gasteiger partial charge in [0.15, 0.2) is 0 Å². The van der Waals surface area contributed by atoms with Crippen molar-refractivity contribution in [1.82, 2.24) is 9.38 Å². The number of benzene rings is 1. The number of aromatic nitrogens is 2. The fourth-order valence-electron chi connectivity index (χ4n) is 2.01. The fraction of sp³-hybridized carbons (Fsp3) is 0.0667. The Morgan fingerprint density at radius 2 is 2.10 bits per heavy atom. The molecule has 2 aromatic heterocycles. The number of pyridine rings is 1. The molecule has 0 fully saturated rings. The predicted octanol–water partition coefficient (Wildman–Crippen LogP) is 2.65. The zero-order valence-electron chi connectivity index (χ0n) is 10.6. The molecule has 0 spiro atoms. The van der Waals surface area contributed by atoms with Crippen molar-refractivity contribution in [3.63, 3.8) is 0 Å². The van der Waals surface area contributed by atoms with Crippen LogP contribution in [0, 0.1) is 5.82 Å². The van der Waals surface area contributed by atoms with E-state index in [-0.39, 0.29) is 18.1 Å². The Labute approximate surface area is 114 Å². The summed E-state index contributed by atoms with van der Waals surface area (Å²) in [6.45, 7) is 0. The Bertz CT molecular complexity index is 766. The Hall–Kier alpha value is -2.69. The minimum Gasteiger partial charge on any atom is -0.324 e. The number of anilines is 1. The van der Waals surface area contributed by atoms with Crippen LogP contribution in [0.5, 0.6) is 0 Å². The van der Waals surface area contributed by atoms with Gasteiger partial charge < -0.3 is 9.72 Å². The molecule has 4 nitrogen and oxygen atoms in total. The van der Waals surface area contributed by atoms with Crippen LogP contribution in [0.1, 0.15) is 5.56 Å². The monoisotopic (exact) mass is 269 g/mol. The molecular formula is C15H12FN3O. The highest BCUT2D eigenvalue weighted by atomic mass is 19.1. The molecule has 3 aromatic rings. The summed E-state index contributed by atoms with van der Waals surface area (Å²) in [5, 5.41) is 2.75. The maximum Gasteiger partial charge on any atom is 0.228 e. The summed E-state index contributed by atoms with van der Waals surface area (Å²) in [7, 11) is 0. The van der Waals surface area contributed by atoms with Crippen LogP contribution < -0.4 is 5.32 Å². The second kappa shape index (κ2) is 5.13. The highest BCUT2D eigenvalue weighted by Crippen LogP contribution is 2.12. The number of amides is 1. The van der Waals surface area contributed by atoms with E-state index in [1.165, 1.54) is 6.07 Å². The Morgan fingerprint density at radius 1 is 1.25 bits per heavy atom. The third-order valence-corrected chi connectivity index (χ3v) is 2.98. The molecule has 0 radical (unpaired) electrons. The lowest BCUT2D eigenvalue weighted by molar-refractivity contribution is -0.115. The maximum atomic E-state index is 13.5.